The molecular weight excluding hydrogens is 782 g/mol. The van der Waals surface area contributed by atoms with Gasteiger partial charge in [-0.15, -0.1) is 0 Å². The van der Waals surface area contributed by atoms with Gasteiger partial charge in [0.05, 0.1) is 30.3 Å². The van der Waals surface area contributed by atoms with E-state index < -0.39 is 66.9 Å². The lowest BCUT2D eigenvalue weighted by Gasteiger charge is -2.45. The summed E-state index contributed by atoms with van der Waals surface area (Å²) >= 11 is 3.54. The fourth-order valence-electron chi connectivity index (χ4n) is 6.62. The van der Waals surface area contributed by atoms with Crippen LogP contribution >= 0.6 is 15.9 Å². The quantitative estimate of drug-likeness (QED) is 0.119. The molecule has 0 aliphatic carbocycles. The molecule has 2 aromatic carbocycles. The minimum atomic E-state index is -1.39. The van der Waals surface area contributed by atoms with Gasteiger partial charge < -0.3 is 47.4 Å². The summed E-state index contributed by atoms with van der Waals surface area (Å²) in [7, 11) is 2.80. The number of methoxy groups -OCH3 is 2. The maximum atomic E-state index is 13.7. The number of ether oxygens (including phenoxy) is 8. The summed E-state index contributed by atoms with van der Waals surface area (Å²) in [6.07, 6.45) is -6.37. The lowest BCUT2D eigenvalue weighted by atomic mass is 9.98. The molecule has 0 saturated carbocycles. The predicted molar refractivity (Wildman–Crippen MR) is 199 cm³/mol. The van der Waals surface area contributed by atoms with E-state index in [1.807, 2.05) is 74.5 Å². The van der Waals surface area contributed by atoms with Crippen LogP contribution in [0.2, 0.25) is 0 Å². The van der Waals surface area contributed by atoms with Crippen molar-refractivity contribution < 1.29 is 61.8 Å². The predicted octanol–water partition coefficient (Wildman–Crippen LogP) is 5.52. The number of halogens is 1. The number of aliphatic hydroxyl groups excluding tert-OH is 1. The second-order valence-corrected chi connectivity index (χ2v) is 14.5. The first kappa shape index (κ1) is 42.5. The van der Waals surface area contributed by atoms with Crippen molar-refractivity contribution in [3.63, 3.8) is 0 Å². The number of esters is 1. The van der Waals surface area contributed by atoms with Gasteiger partial charge in [0.2, 0.25) is 0 Å². The summed E-state index contributed by atoms with van der Waals surface area (Å²) in [6, 6.07) is 20.5. The lowest BCUT2D eigenvalue weighted by Crippen LogP contribution is -2.61. The molecule has 5 rings (SSSR count). The van der Waals surface area contributed by atoms with Gasteiger partial charge in [-0.05, 0) is 45.5 Å². The Labute approximate surface area is 329 Å². The minimum absolute atomic E-state index is 0.0524. The molecule has 0 spiro atoms. The van der Waals surface area contributed by atoms with Crippen molar-refractivity contribution in [2.45, 2.75) is 95.8 Å². The summed E-state index contributed by atoms with van der Waals surface area (Å²) in [4.78, 5) is 39.6. The molecule has 0 radical (unpaired) electrons. The number of imide groups is 1. The van der Waals surface area contributed by atoms with Crippen LogP contribution in [0.4, 0.5) is 4.79 Å². The highest BCUT2D eigenvalue weighted by atomic mass is 79.9. The fourth-order valence-corrected chi connectivity index (χ4v) is 7.13. The standard InChI is InChI=1S/C40H50BrNO13/c1-24(2)29-23-52-40(46)42(29)38(45)36(47-4)34(53-25(3)44)31-19-28(41)30(54-31)17-12-18-49-37-35(51-22-27-15-10-7-11-16-27)33(32(20-43)55-39(37)48-5)50-21-26-13-8-6-9-14-26/h6-11,13-16,19,24,29,32-37,39,43H,12,17-18,20-23H2,1-5H3. The number of aliphatic hydroxyl groups is 1. The second-order valence-electron chi connectivity index (χ2n) is 13.6. The molecule has 1 N–H and O–H groups in total. The number of cyclic esters (lactones) is 1. The number of nitrogens with zero attached hydrogens (tertiary/aromatic N) is 1. The number of rotatable bonds is 19. The maximum Gasteiger partial charge on any atom is 0.417 e. The van der Waals surface area contributed by atoms with Crippen molar-refractivity contribution in [3.05, 3.63) is 93.9 Å². The van der Waals surface area contributed by atoms with E-state index in [-0.39, 0.29) is 44.7 Å². The molecule has 2 saturated heterocycles. The summed E-state index contributed by atoms with van der Waals surface area (Å²) < 4.78 is 54.2. The van der Waals surface area contributed by atoms with Crippen molar-refractivity contribution in [1.29, 1.82) is 0 Å². The van der Waals surface area contributed by atoms with Crippen molar-refractivity contribution in [2.75, 3.05) is 34.0 Å². The van der Waals surface area contributed by atoms with E-state index in [0.717, 1.165) is 16.0 Å². The van der Waals surface area contributed by atoms with Crippen molar-refractivity contribution in [3.8, 4) is 0 Å². The first-order chi connectivity index (χ1) is 26.6. The van der Waals surface area contributed by atoms with Gasteiger partial charge in [-0.3, -0.25) is 9.59 Å². The first-order valence-corrected chi connectivity index (χ1v) is 19.0. The van der Waals surface area contributed by atoms with Crippen LogP contribution in [0.5, 0.6) is 0 Å². The summed E-state index contributed by atoms with van der Waals surface area (Å²) in [6.45, 7) is 5.43. The minimum Gasteiger partial charge on any atom is -0.461 e. The van der Waals surface area contributed by atoms with Gasteiger partial charge in [-0.1, -0.05) is 74.5 Å². The largest absolute Gasteiger partial charge is 0.461 e. The Bertz CT molecular complexity index is 1670. The Kier molecular flexibility index (Phi) is 15.8. The van der Waals surface area contributed by atoms with E-state index in [2.05, 4.69) is 15.9 Å². The Morgan fingerprint density at radius 1 is 0.945 bits per heavy atom. The van der Waals surface area contributed by atoms with Gasteiger partial charge in [0.25, 0.3) is 5.91 Å². The Morgan fingerprint density at radius 3 is 2.15 bits per heavy atom. The number of furan rings is 1. The SMILES string of the molecule is COC1OC(CO)C(OCc2ccccc2)C(OCc2ccccc2)C1OCCCc1oc(C(OC(C)=O)C(OC)C(=O)N2C(=O)OCC2C(C)C)cc1Br. The van der Waals surface area contributed by atoms with Gasteiger partial charge in [0.15, 0.2) is 18.5 Å². The van der Waals surface area contributed by atoms with E-state index in [9.17, 15) is 19.5 Å². The van der Waals surface area contributed by atoms with Crippen LogP contribution in [-0.4, -0.2) is 105 Å². The number of hydrogen-bond acceptors (Lipinski definition) is 13. The average molecular weight is 833 g/mol. The maximum absolute atomic E-state index is 13.7. The molecule has 3 aromatic rings. The topological polar surface area (TPSA) is 162 Å². The number of benzene rings is 2. The van der Waals surface area contributed by atoms with Crippen LogP contribution in [0, 0.1) is 5.92 Å². The Morgan fingerprint density at radius 2 is 1.58 bits per heavy atom. The molecule has 15 heteroatoms. The van der Waals surface area contributed by atoms with Gasteiger partial charge in [-0.25, -0.2) is 9.69 Å². The van der Waals surface area contributed by atoms with Crippen LogP contribution in [0.15, 0.2) is 75.6 Å². The van der Waals surface area contributed by atoms with Crippen LogP contribution in [0.3, 0.4) is 0 Å². The molecule has 2 aliphatic rings. The zero-order chi connectivity index (χ0) is 39.5. The zero-order valence-electron chi connectivity index (χ0n) is 31.7. The summed E-state index contributed by atoms with van der Waals surface area (Å²) in [5, 5.41) is 10.3. The zero-order valence-corrected chi connectivity index (χ0v) is 33.3. The third kappa shape index (κ3) is 10.8. The smallest absolute Gasteiger partial charge is 0.417 e. The van der Waals surface area contributed by atoms with Crippen molar-refractivity contribution in [1.82, 2.24) is 4.90 Å². The molecule has 55 heavy (non-hydrogen) atoms. The second kappa shape index (κ2) is 20.5. The van der Waals surface area contributed by atoms with Gasteiger partial charge in [-0.2, -0.15) is 0 Å². The van der Waals surface area contributed by atoms with Crippen LogP contribution in [0.25, 0.3) is 0 Å². The summed E-state index contributed by atoms with van der Waals surface area (Å²) in [5.41, 5.74) is 1.90. The first-order valence-electron chi connectivity index (χ1n) is 18.3. The molecule has 8 atom stereocenters. The molecule has 0 bridgehead atoms. The van der Waals surface area contributed by atoms with Crippen molar-refractivity contribution in [2.24, 2.45) is 5.92 Å². The number of hydrogen-bond donors (Lipinski definition) is 1. The molecule has 3 heterocycles. The third-order valence-corrected chi connectivity index (χ3v) is 10.1. The fraction of sp³-hybridized carbons (Fsp3) is 0.525. The number of carbonyl (C=O) groups excluding carboxylic acids is 3. The monoisotopic (exact) mass is 831 g/mol. The van der Waals surface area contributed by atoms with Crippen LogP contribution < -0.4 is 0 Å². The summed E-state index contributed by atoms with van der Waals surface area (Å²) in [5.74, 6) is -0.815. The number of carbonyl (C=O) groups is 3. The van der Waals surface area contributed by atoms with E-state index in [1.165, 1.54) is 21.1 Å². The van der Waals surface area contributed by atoms with E-state index in [1.54, 1.807) is 6.07 Å². The normalized spacial score (nSPS) is 23.8. The van der Waals surface area contributed by atoms with Crippen LogP contribution in [0.1, 0.15) is 55.9 Å². The lowest BCUT2D eigenvalue weighted by molar-refractivity contribution is -0.319. The Balaban J connectivity index is 1.30. The molecule has 2 amide bonds. The molecule has 14 nitrogen and oxygen atoms in total. The average Bonchev–Trinajstić information content (AvgIpc) is 3.76. The molecule has 300 valence electrons. The van der Waals surface area contributed by atoms with E-state index in [4.69, 9.17) is 42.3 Å². The highest BCUT2D eigenvalue weighted by Gasteiger charge is 2.49. The van der Waals surface area contributed by atoms with Crippen LogP contribution in [-0.2, 0) is 67.1 Å². The number of amides is 2. The van der Waals surface area contributed by atoms with E-state index >= 15 is 0 Å². The highest BCUT2D eigenvalue weighted by molar-refractivity contribution is 9.10. The Hall–Kier alpha value is -3.67. The molecular formula is C40H50BrNO13. The molecule has 1 aromatic heterocycles. The van der Waals surface area contributed by atoms with Crippen molar-refractivity contribution >= 4 is 33.9 Å². The van der Waals surface area contributed by atoms with Gasteiger partial charge >= 0.3 is 12.1 Å². The van der Waals surface area contributed by atoms with Gasteiger partial charge in [0.1, 0.15) is 42.5 Å². The third-order valence-electron chi connectivity index (χ3n) is 9.47. The van der Waals surface area contributed by atoms with Gasteiger partial charge in [0, 0.05) is 34.2 Å². The number of aryl methyl sites for hydroxylation is 1. The molecule has 2 aliphatic heterocycles. The molecule has 8 unspecified atom stereocenters. The van der Waals surface area contributed by atoms with E-state index in [0.29, 0.717) is 23.1 Å². The molecule has 2 fully saturated rings. The highest BCUT2D eigenvalue weighted by Crippen LogP contribution is 2.35.